The van der Waals surface area contributed by atoms with E-state index < -0.39 is 0 Å². The number of nitrogens with two attached hydrogens (primary N) is 1. The molecule has 1 unspecified atom stereocenters. The van der Waals surface area contributed by atoms with Crippen molar-refractivity contribution >= 4 is 0 Å². The first-order valence-corrected chi connectivity index (χ1v) is 7.57. The zero-order valence-corrected chi connectivity index (χ0v) is 12.5. The molecule has 0 spiro atoms. The van der Waals surface area contributed by atoms with Crippen molar-refractivity contribution in [3.05, 3.63) is 11.7 Å². The summed E-state index contributed by atoms with van der Waals surface area (Å²) in [7, 11) is 0. The molecule has 1 aliphatic rings. The van der Waals surface area contributed by atoms with Gasteiger partial charge in [-0.3, -0.25) is 0 Å². The first-order valence-electron chi connectivity index (χ1n) is 7.57. The average molecular weight is 265 g/mol. The molecule has 0 radical (unpaired) electrons. The van der Waals surface area contributed by atoms with Crippen molar-refractivity contribution in [2.24, 2.45) is 11.1 Å². The summed E-state index contributed by atoms with van der Waals surface area (Å²) >= 11 is 0. The van der Waals surface area contributed by atoms with Crippen LogP contribution >= 0.6 is 0 Å². The molecule has 19 heavy (non-hydrogen) atoms. The fourth-order valence-electron chi connectivity index (χ4n) is 2.62. The molecule has 0 aromatic carbocycles. The zero-order chi connectivity index (χ0) is 13.9. The maximum atomic E-state index is 6.17. The summed E-state index contributed by atoms with van der Waals surface area (Å²) in [4.78, 5) is 4.57. The van der Waals surface area contributed by atoms with Gasteiger partial charge in [0, 0.05) is 5.92 Å². The van der Waals surface area contributed by atoms with E-state index in [1.165, 1.54) is 44.9 Å². The second-order valence-corrected chi connectivity index (χ2v) is 6.88. The van der Waals surface area contributed by atoms with Crippen molar-refractivity contribution in [1.29, 1.82) is 0 Å². The number of nitrogens with zero attached hydrogens (tertiary/aromatic N) is 2. The fraction of sp³-hybridized carbons (Fsp3) is 0.867. The number of rotatable bonds is 2. The maximum Gasteiger partial charge on any atom is 0.244 e. The Bertz CT molecular complexity index is 386. The lowest BCUT2D eigenvalue weighted by molar-refractivity contribution is 0.251. The molecule has 0 aliphatic heterocycles. The van der Waals surface area contributed by atoms with E-state index in [-0.39, 0.29) is 11.5 Å². The van der Waals surface area contributed by atoms with Gasteiger partial charge in [0.2, 0.25) is 5.89 Å². The van der Waals surface area contributed by atoms with Gasteiger partial charge in [0.25, 0.3) is 0 Å². The SMILES string of the molecule is CC(C)(C)C(N)c1nc(C2CCCCCCC2)no1. The van der Waals surface area contributed by atoms with Gasteiger partial charge in [-0.1, -0.05) is 58.0 Å². The summed E-state index contributed by atoms with van der Waals surface area (Å²) in [5.74, 6) is 1.92. The van der Waals surface area contributed by atoms with Crippen LogP contribution in [0.25, 0.3) is 0 Å². The third-order valence-electron chi connectivity index (χ3n) is 4.13. The van der Waals surface area contributed by atoms with Crippen molar-refractivity contribution in [2.45, 2.75) is 77.7 Å². The fourth-order valence-corrected chi connectivity index (χ4v) is 2.62. The van der Waals surface area contributed by atoms with Gasteiger partial charge >= 0.3 is 0 Å². The summed E-state index contributed by atoms with van der Waals surface area (Å²) < 4.78 is 5.39. The molecule has 0 bridgehead atoms. The number of hydrogen-bond acceptors (Lipinski definition) is 4. The van der Waals surface area contributed by atoms with Crippen molar-refractivity contribution in [3.63, 3.8) is 0 Å². The molecule has 1 aromatic rings. The van der Waals surface area contributed by atoms with Gasteiger partial charge in [0.1, 0.15) is 0 Å². The van der Waals surface area contributed by atoms with E-state index in [0.29, 0.717) is 11.8 Å². The Hall–Kier alpha value is -0.900. The predicted octanol–water partition coefficient (Wildman–Crippen LogP) is 3.94. The second-order valence-electron chi connectivity index (χ2n) is 6.88. The predicted molar refractivity (Wildman–Crippen MR) is 75.7 cm³/mol. The normalized spacial score (nSPS) is 20.8. The first-order chi connectivity index (χ1) is 8.98. The van der Waals surface area contributed by atoms with Gasteiger partial charge in [0.05, 0.1) is 6.04 Å². The van der Waals surface area contributed by atoms with E-state index in [4.69, 9.17) is 10.3 Å². The monoisotopic (exact) mass is 265 g/mol. The minimum atomic E-state index is -0.192. The van der Waals surface area contributed by atoms with Crippen molar-refractivity contribution in [2.75, 3.05) is 0 Å². The van der Waals surface area contributed by atoms with Crippen LogP contribution in [0, 0.1) is 5.41 Å². The molecular formula is C15H27N3O. The van der Waals surface area contributed by atoms with Gasteiger partial charge in [-0.05, 0) is 18.3 Å². The largest absolute Gasteiger partial charge is 0.338 e. The minimum Gasteiger partial charge on any atom is -0.338 e. The Kier molecular flexibility index (Phi) is 4.61. The molecule has 1 heterocycles. The average Bonchev–Trinajstić information content (AvgIpc) is 2.75. The Morgan fingerprint density at radius 1 is 1.11 bits per heavy atom. The van der Waals surface area contributed by atoms with Gasteiger partial charge in [-0.25, -0.2) is 0 Å². The summed E-state index contributed by atoms with van der Waals surface area (Å²) in [6.45, 7) is 6.28. The van der Waals surface area contributed by atoms with Crippen LogP contribution in [-0.2, 0) is 0 Å². The molecule has 4 nitrogen and oxygen atoms in total. The Morgan fingerprint density at radius 2 is 1.68 bits per heavy atom. The lowest BCUT2D eigenvalue weighted by Gasteiger charge is -2.23. The smallest absolute Gasteiger partial charge is 0.244 e. The molecule has 1 fully saturated rings. The number of aromatic nitrogens is 2. The van der Waals surface area contributed by atoms with Gasteiger partial charge in [-0.15, -0.1) is 0 Å². The Balaban J connectivity index is 2.06. The molecule has 2 rings (SSSR count). The topological polar surface area (TPSA) is 64.9 Å². The van der Waals surface area contributed by atoms with E-state index in [9.17, 15) is 0 Å². The van der Waals surface area contributed by atoms with Crippen LogP contribution in [0.5, 0.6) is 0 Å². The van der Waals surface area contributed by atoms with Crippen LogP contribution in [0.1, 0.15) is 89.4 Å². The highest BCUT2D eigenvalue weighted by Gasteiger charge is 2.29. The lowest BCUT2D eigenvalue weighted by atomic mass is 9.87. The maximum absolute atomic E-state index is 6.17. The summed E-state index contributed by atoms with van der Waals surface area (Å²) in [6, 6.07) is -0.192. The van der Waals surface area contributed by atoms with Gasteiger partial charge in [-0.2, -0.15) is 4.98 Å². The molecule has 4 heteroatoms. The second kappa shape index (κ2) is 6.04. The highest BCUT2D eigenvalue weighted by Crippen LogP contribution is 2.32. The van der Waals surface area contributed by atoms with Crippen LogP contribution in [0.2, 0.25) is 0 Å². The third kappa shape index (κ3) is 3.78. The standard InChI is InChI=1S/C15H27N3O/c1-15(2,3)12(16)14-17-13(18-19-14)11-9-7-5-4-6-8-10-11/h11-12H,4-10,16H2,1-3H3. The third-order valence-corrected chi connectivity index (χ3v) is 4.13. The van der Waals surface area contributed by atoms with Crippen LogP contribution in [0.3, 0.4) is 0 Å². The molecule has 1 saturated carbocycles. The molecule has 1 atom stereocenters. The van der Waals surface area contributed by atoms with E-state index in [2.05, 4.69) is 30.9 Å². The first kappa shape index (κ1) is 14.5. The van der Waals surface area contributed by atoms with Crippen LogP contribution < -0.4 is 5.73 Å². The quantitative estimate of drug-likeness (QED) is 0.879. The molecule has 0 saturated heterocycles. The molecule has 1 aliphatic carbocycles. The number of hydrogen-bond donors (Lipinski definition) is 1. The van der Waals surface area contributed by atoms with E-state index in [1.807, 2.05) is 0 Å². The van der Waals surface area contributed by atoms with Crippen LogP contribution in [0.4, 0.5) is 0 Å². The highest BCUT2D eigenvalue weighted by atomic mass is 16.5. The van der Waals surface area contributed by atoms with Crippen molar-refractivity contribution in [3.8, 4) is 0 Å². The molecule has 0 amide bonds. The molecule has 2 N–H and O–H groups in total. The van der Waals surface area contributed by atoms with Crippen LogP contribution in [0.15, 0.2) is 4.52 Å². The summed E-state index contributed by atoms with van der Waals surface area (Å²) in [6.07, 6.45) is 8.97. The van der Waals surface area contributed by atoms with Crippen molar-refractivity contribution < 1.29 is 4.52 Å². The van der Waals surface area contributed by atoms with E-state index >= 15 is 0 Å². The Labute approximate surface area is 116 Å². The molecular weight excluding hydrogens is 238 g/mol. The van der Waals surface area contributed by atoms with Crippen LogP contribution in [-0.4, -0.2) is 10.1 Å². The van der Waals surface area contributed by atoms with Gasteiger partial charge in [0.15, 0.2) is 5.82 Å². The zero-order valence-electron chi connectivity index (χ0n) is 12.5. The lowest BCUT2D eigenvalue weighted by Crippen LogP contribution is -2.26. The summed E-state index contributed by atoms with van der Waals surface area (Å²) in [5.41, 5.74) is 6.12. The highest BCUT2D eigenvalue weighted by molar-refractivity contribution is 5.01. The Morgan fingerprint density at radius 3 is 2.26 bits per heavy atom. The minimum absolute atomic E-state index is 0.0509. The molecule has 1 aromatic heterocycles. The van der Waals surface area contributed by atoms with E-state index in [1.54, 1.807) is 0 Å². The van der Waals surface area contributed by atoms with Crippen molar-refractivity contribution in [1.82, 2.24) is 10.1 Å². The summed E-state index contributed by atoms with van der Waals surface area (Å²) in [5, 5.41) is 4.18. The molecule has 108 valence electrons. The van der Waals surface area contributed by atoms with E-state index in [0.717, 1.165) is 5.82 Å². The van der Waals surface area contributed by atoms with Gasteiger partial charge < -0.3 is 10.3 Å².